The number of carbonyl (C=O) groups is 1. The number of thiophene rings is 1. The molecule has 0 aliphatic heterocycles. The molecule has 1 aromatic heterocycles. The van der Waals surface area contributed by atoms with Crippen LogP contribution in [0.25, 0.3) is 0 Å². The molecule has 2 aromatic rings. The number of hydrogen-bond donors (Lipinski definition) is 0. The van der Waals surface area contributed by atoms with E-state index in [-0.39, 0.29) is 5.78 Å². The Morgan fingerprint density at radius 1 is 1.29 bits per heavy atom. The third-order valence-electron chi connectivity index (χ3n) is 2.40. The van der Waals surface area contributed by atoms with Crippen LogP contribution in [-0.4, -0.2) is 12.9 Å². The van der Waals surface area contributed by atoms with E-state index in [4.69, 9.17) is 16.3 Å². The maximum Gasteiger partial charge on any atom is 0.206 e. The Morgan fingerprint density at radius 2 is 2.06 bits per heavy atom. The molecule has 0 fully saturated rings. The van der Waals surface area contributed by atoms with Gasteiger partial charge in [-0.05, 0) is 31.2 Å². The van der Waals surface area contributed by atoms with Gasteiger partial charge in [-0.1, -0.05) is 23.2 Å². The Labute approximate surface area is 109 Å². The van der Waals surface area contributed by atoms with Crippen LogP contribution in [0.5, 0.6) is 5.75 Å². The lowest BCUT2D eigenvalue weighted by molar-refractivity contribution is 0.103. The van der Waals surface area contributed by atoms with E-state index in [1.165, 1.54) is 11.3 Å². The minimum Gasteiger partial charge on any atom is -0.496 e. The Balaban J connectivity index is 2.46. The standard InChI is InChI=1S/C13H11ClO2S/c1-8-3-4-10(16-2)9(7-8)13(15)11-5-6-12(14)17-11/h3-7H,1-2H3. The number of aryl methyl sites for hydroxylation is 1. The quantitative estimate of drug-likeness (QED) is 0.787. The van der Waals surface area contributed by atoms with Crippen molar-refractivity contribution in [1.29, 1.82) is 0 Å². The molecule has 0 N–H and O–H groups in total. The van der Waals surface area contributed by atoms with Crippen LogP contribution >= 0.6 is 22.9 Å². The summed E-state index contributed by atoms with van der Waals surface area (Å²) in [6, 6.07) is 9.00. The Bertz CT molecular complexity index is 560. The summed E-state index contributed by atoms with van der Waals surface area (Å²) in [5, 5.41) is 0. The highest BCUT2D eigenvalue weighted by Crippen LogP contribution is 2.28. The highest BCUT2D eigenvalue weighted by molar-refractivity contribution is 7.18. The molecule has 0 aliphatic carbocycles. The number of rotatable bonds is 3. The normalized spacial score (nSPS) is 10.3. The molecule has 2 rings (SSSR count). The third kappa shape index (κ3) is 2.51. The van der Waals surface area contributed by atoms with Crippen LogP contribution < -0.4 is 4.74 Å². The minimum atomic E-state index is -0.0533. The van der Waals surface area contributed by atoms with Crippen LogP contribution in [0, 0.1) is 6.92 Å². The number of carbonyl (C=O) groups excluding carboxylic acids is 1. The van der Waals surface area contributed by atoms with Gasteiger partial charge in [0.15, 0.2) is 0 Å². The van der Waals surface area contributed by atoms with E-state index in [1.807, 2.05) is 19.1 Å². The molecule has 0 amide bonds. The fourth-order valence-electron chi connectivity index (χ4n) is 1.57. The topological polar surface area (TPSA) is 26.3 Å². The smallest absolute Gasteiger partial charge is 0.206 e. The first-order valence-corrected chi connectivity index (χ1v) is 6.26. The van der Waals surface area contributed by atoms with E-state index >= 15 is 0 Å². The van der Waals surface area contributed by atoms with Crippen molar-refractivity contribution in [3.63, 3.8) is 0 Å². The zero-order valence-electron chi connectivity index (χ0n) is 9.49. The van der Waals surface area contributed by atoms with Crippen molar-refractivity contribution in [2.45, 2.75) is 6.92 Å². The maximum atomic E-state index is 12.3. The summed E-state index contributed by atoms with van der Waals surface area (Å²) in [5.74, 6) is 0.535. The van der Waals surface area contributed by atoms with Crippen molar-refractivity contribution in [2.24, 2.45) is 0 Å². The fraction of sp³-hybridized carbons (Fsp3) is 0.154. The zero-order chi connectivity index (χ0) is 12.4. The molecule has 88 valence electrons. The van der Waals surface area contributed by atoms with Crippen molar-refractivity contribution in [3.8, 4) is 5.75 Å². The van der Waals surface area contributed by atoms with E-state index in [0.29, 0.717) is 20.5 Å². The molecule has 0 saturated carbocycles. The first kappa shape index (κ1) is 12.1. The minimum absolute atomic E-state index is 0.0533. The van der Waals surface area contributed by atoms with Gasteiger partial charge in [-0.15, -0.1) is 11.3 Å². The number of methoxy groups -OCH3 is 1. The molecule has 4 heteroatoms. The first-order valence-electron chi connectivity index (χ1n) is 5.06. The second-order valence-corrected chi connectivity index (χ2v) is 5.35. The SMILES string of the molecule is COc1ccc(C)cc1C(=O)c1ccc(Cl)s1. The first-order chi connectivity index (χ1) is 8.11. The molecular formula is C13H11ClO2S. The van der Waals surface area contributed by atoms with E-state index in [9.17, 15) is 4.79 Å². The lowest BCUT2D eigenvalue weighted by Gasteiger charge is -2.07. The number of hydrogen-bond acceptors (Lipinski definition) is 3. The van der Waals surface area contributed by atoms with Crippen molar-refractivity contribution in [2.75, 3.05) is 7.11 Å². The van der Waals surface area contributed by atoms with Crippen molar-refractivity contribution >= 4 is 28.7 Å². The lowest BCUT2D eigenvalue weighted by atomic mass is 10.1. The van der Waals surface area contributed by atoms with Crippen LogP contribution in [0.2, 0.25) is 4.34 Å². The number of ether oxygens (including phenoxy) is 1. The zero-order valence-corrected chi connectivity index (χ0v) is 11.1. The number of ketones is 1. The van der Waals surface area contributed by atoms with Crippen molar-refractivity contribution < 1.29 is 9.53 Å². The predicted molar refractivity (Wildman–Crippen MR) is 70.5 cm³/mol. The molecule has 0 spiro atoms. The summed E-state index contributed by atoms with van der Waals surface area (Å²) in [7, 11) is 1.56. The molecular weight excluding hydrogens is 256 g/mol. The number of halogens is 1. The van der Waals surface area contributed by atoms with Gasteiger partial charge in [0.05, 0.1) is 21.9 Å². The van der Waals surface area contributed by atoms with E-state index < -0.39 is 0 Å². The molecule has 0 bridgehead atoms. The molecule has 0 aliphatic rings. The molecule has 2 nitrogen and oxygen atoms in total. The Hall–Kier alpha value is -1.32. The van der Waals surface area contributed by atoms with Gasteiger partial charge in [0.25, 0.3) is 0 Å². The fourth-order valence-corrected chi connectivity index (χ4v) is 2.57. The third-order valence-corrected chi connectivity index (χ3v) is 3.63. The second-order valence-electron chi connectivity index (χ2n) is 3.64. The van der Waals surface area contributed by atoms with Crippen LogP contribution in [-0.2, 0) is 0 Å². The molecule has 0 unspecified atom stereocenters. The summed E-state index contributed by atoms with van der Waals surface area (Å²) in [6.07, 6.45) is 0. The largest absolute Gasteiger partial charge is 0.496 e. The Kier molecular flexibility index (Phi) is 3.50. The van der Waals surface area contributed by atoms with E-state index in [2.05, 4.69) is 0 Å². The summed E-state index contributed by atoms with van der Waals surface area (Å²) in [4.78, 5) is 12.9. The molecule has 1 aromatic carbocycles. The predicted octanol–water partition coefficient (Wildman–Crippen LogP) is 3.95. The van der Waals surface area contributed by atoms with Gasteiger partial charge in [-0.25, -0.2) is 0 Å². The van der Waals surface area contributed by atoms with Crippen LogP contribution in [0.4, 0.5) is 0 Å². The van der Waals surface area contributed by atoms with E-state index in [1.54, 1.807) is 25.3 Å². The molecule has 0 radical (unpaired) electrons. The Morgan fingerprint density at radius 3 is 2.65 bits per heavy atom. The second kappa shape index (κ2) is 4.90. The molecule has 1 heterocycles. The highest BCUT2D eigenvalue weighted by atomic mass is 35.5. The van der Waals surface area contributed by atoms with Crippen molar-refractivity contribution in [3.05, 3.63) is 50.7 Å². The van der Waals surface area contributed by atoms with Gasteiger partial charge in [0.1, 0.15) is 5.75 Å². The highest BCUT2D eigenvalue weighted by Gasteiger charge is 2.16. The average molecular weight is 267 g/mol. The van der Waals surface area contributed by atoms with Crippen molar-refractivity contribution in [1.82, 2.24) is 0 Å². The van der Waals surface area contributed by atoms with Gasteiger partial charge in [-0.3, -0.25) is 4.79 Å². The lowest BCUT2D eigenvalue weighted by Crippen LogP contribution is -2.02. The van der Waals surface area contributed by atoms with Gasteiger partial charge in [0.2, 0.25) is 5.78 Å². The molecule has 0 atom stereocenters. The van der Waals surface area contributed by atoms with Gasteiger partial charge >= 0.3 is 0 Å². The monoisotopic (exact) mass is 266 g/mol. The van der Waals surface area contributed by atoms with Gasteiger partial charge in [0, 0.05) is 0 Å². The van der Waals surface area contributed by atoms with Crippen LogP contribution in [0.15, 0.2) is 30.3 Å². The van der Waals surface area contributed by atoms with Gasteiger partial charge in [-0.2, -0.15) is 0 Å². The number of benzene rings is 1. The maximum absolute atomic E-state index is 12.3. The van der Waals surface area contributed by atoms with Crippen LogP contribution in [0.1, 0.15) is 20.8 Å². The summed E-state index contributed by atoms with van der Waals surface area (Å²) >= 11 is 7.11. The summed E-state index contributed by atoms with van der Waals surface area (Å²) in [5.41, 5.74) is 1.60. The molecule has 17 heavy (non-hydrogen) atoms. The van der Waals surface area contributed by atoms with Crippen LogP contribution in [0.3, 0.4) is 0 Å². The van der Waals surface area contributed by atoms with Gasteiger partial charge < -0.3 is 4.74 Å². The molecule has 0 saturated heterocycles. The summed E-state index contributed by atoms with van der Waals surface area (Å²) < 4.78 is 5.81. The van der Waals surface area contributed by atoms with E-state index in [0.717, 1.165) is 5.56 Å². The average Bonchev–Trinajstić information content (AvgIpc) is 2.75. The summed E-state index contributed by atoms with van der Waals surface area (Å²) in [6.45, 7) is 1.94.